The summed E-state index contributed by atoms with van der Waals surface area (Å²) in [6.45, 7) is 0. The molecule has 0 bridgehead atoms. The molecule has 1 heterocycles. The second-order valence-corrected chi connectivity index (χ2v) is 6.94. The van der Waals surface area contributed by atoms with Gasteiger partial charge >= 0.3 is 5.97 Å². The number of carboxylic acid groups (broad SMARTS) is 1. The van der Waals surface area contributed by atoms with Crippen LogP contribution in [0, 0.1) is 0 Å². The van der Waals surface area contributed by atoms with Crippen molar-refractivity contribution >= 4 is 51.9 Å². The number of benzene rings is 2. The van der Waals surface area contributed by atoms with E-state index in [1.807, 2.05) is 0 Å². The number of carboxylic acids is 1. The van der Waals surface area contributed by atoms with Crippen LogP contribution in [0.15, 0.2) is 41.3 Å². The van der Waals surface area contributed by atoms with Gasteiger partial charge in [0.15, 0.2) is 4.32 Å². The highest BCUT2D eigenvalue weighted by atomic mass is 32.2. The molecule has 0 unspecified atom stereocenters. The van der Waals surface area contributed by atoms with Crippen molar-refractivity contribution in [2.45, 2.75) is 0 Å². The van der Waals surface area contributed by atoms with Gasteiger partial charge in [-0.05, 0) is 36.4 Å². The van der Waals surface area contributed by atoms with Crippen molar-refractivity contribution in [3.05, 3.63) is 52.4 Å². The molecule has 0 spiro atoms. The summed E-state index contributed by atoms with van der Waals surface area (Å²) >= 11 is 6.19. The zero-order chi connectivity index (χ0) is 19.0. The molecule has 7 nitrogen and oxygen atoms in total. The lowest BCUT2D eigenvalue weighted by Gasteiger charge is -2.15. The number of hydrogen-bond donors (Lipinski definition) is 4. The Labute approximate surface area is 156 Å². The van der Waals surface area contributed by atoms with E-state index < -0.39 is 17.6 Å². The number of aromatic carboxylic acids is 1. The molecule has 4 N–H and O–H groups in total. The highest BCUT2D eigenvalue weighted by Crippen LogP contribution is 2.38. The number of hydrogen-bond acceptors (Lipinski definition) is 7. The van der Waals surface area contributed by atoms with Crippen LogP contribution >= 0.6 is 24.0 Å². The van der Waals surface area contributed by atoms with Gasteiger partial charge in [0.2, 0.25) is 0 Å². The topological polar surface area (TPSA) is 118 Å². The zero-order valence-corrected chi connectivity index (χ0v) is 14.5. The number of amides is 1. The van der Waals surface area contributed by atoms with Gasteiger partial charge in [-0.2, -0.15) is 0 Å². The number of nitrogens with zero attached hydrogens (tertiary/aromatic N) is 1. The van der Waals surface area contributed by atoms with Crippen LogP contribution in [0.5, 0.6) is 17.2 Å². The predicted molar refractivity (Wildman–Crippen MR) is 100 cm³/mol. The van der Waals surface area contributed by atoms with E-state index >= 15 is 0 Å². The average molecular weight is 389 g/mol. The average Bonchev–Trinajstić information content (AvgIpc) is 2.84. The molecule has 0 saturated carbocycles. The van der Waals surface area contributed by atoms with Crippen molar-refractivity contribution in [1.82, 2.24) is 0 Å². The van der Waals surface area contributed by atoms with Crippen molar-refractivity contribution in [3.63, 3.8) is 0 Å². The Morgan fingerprint density at radius 2 is 1.81 bits per heavy atom. The third-order valence-corrected chi connectivity index (χ3v) is 4.87. The fourth-order valence-corrected chi connectivity index (χ4v) is 3.61. The van der Waals surface area contributed by atoms with Crippen LogP contribution in [0.2, 0.25) is 0 Å². The molecule has 3 rings (SSSR count). The number of anilines is 1. The molecule has 0 atom stereocenters. The fourth-order valence-electron chi connectivity index (χ4n) is 2.32. The minimum atomic E-state index is -1.33. The van der Waals surface area contributed by atoms with Crippen molar-refractivity contribution in [1.29, 1.82) is 0 Å². The molecule has 2 aromatic carbocycles. The van der Waals surface area contributed by atoms with E-state index in [1.54, 1.807) is 0 Å². The van der Waals surface area contributed by atoms with E-state index in [2.05, 4.69) is 0 Å². The second-order valence-electron chi connectivity index (χ2n) is 5.27. The second kappa shape index (κ2) is 6.70. The molecule has 132 valence electrons. The Kier molecular flexibility index (Phi) is 4.58. The number of phenols is 3. The Hall–Kier alpha value is -3.04. The van der Waals surface area contributed by atoms with Gasteiger partial charge in [-0.3, -0.25) is 9.69 Å². The van der Waals surface area contributed by atoms with E-state index in [0.29, 0.717) is 5.56 Å². The molecule has 1 fully saturated rings. The lowest BCUT2D eigenvalue weighted by Crippen LogP contribution is -2.27. The van der Waals surface area contributed by atoms with Gasteiger partial charge in [-0.25, -0.2) is 4.79 Å². The number of rotatable bonds is 3. The van der Waals surface area contributed by atoms with Crippen LogP contribution < -0.4 is 4.90 Å². The first kappa shape index (κ1) is 17.8. The summed E-state index contributed by atoms with van der Waals surface area (Å²) in [4.78, 5) is 25.2. The maximum Gasteiger partial charge on any atom is 0.339 e. The predicted octanol–water partition coefficient (Wildman–Crippen LogP) is 2.91. The maximum absolute atomic E-state index is 12.7. The van der Waals surface area contributed by atoms with Gasteiger partial charge in [-0.1, -0.05) is 24.0 Å². The smallest absolute Gasteiger partial charge is 0.339 e. The Balaban J connectivity index is 1.98. The molecule has 0 radical (unpaired) electrons. The highest BCUT2D eigenvalue weighted by molar-refractivity contribution is 8.27. The van der Waals surface area contributed by atoms with Gasteiger partial charge in [0, 0.05) is 11.6 Å². The summed E-state index contributed by atoms with van der Waals surface area (Å²) in [5.74, 6) is -2.56. The van der Waals surface area contributed by atoms with Crippen LogP contribution in [-0.2, 0) is 4.79 Å². The summed E-state index contributed by atoms with van der Waals surface area (Å²) in [7, 11) is 0. The molecular weight excluding hydrogens is 378 g/mol. The van der Waals surface area contributed by atoms with Crippen LogP contribution in [0.4, 0.5) is 5.69 Å². The lowest BCUT2D eigenvalue weighted by molar-refractivity contribution is -0.113. The van der Waals surface area contributed by atoms with Crippen LogP contribution in [0.25, 0.3) is 6.08 Å². The van der Waals surface area contributed by atoms with Gasteiger partial charge in [0.05, 0.1) is 10.6 Å². The van der Waals surface area contributed by atoms with E-state index in [0.717, 1.165) is 28.8 Å². The van der Waals surface area contributed by atoms with Crippen molar-refractivity contribution in [2.75, 3.05) is 4.90 Å². The molecule has 1 aliphatic heterocycles. The zero-order valence-electron chi connectivity index (χ0n) is 12.9. The lowest BCUT2D eigenvalue weighted by atomic mass is 10.1. The molecule has 0 aliphatic carbocycles. The number of aromatic hydroxyl groups is 3. The highest BCUT2D eigenvalue weighted by Gasteiger charge is 2.34. The van der Waals surface area contributed by atoms with E-state index in [-0.39, 0.29) is 32.0 Å². The van der Waals surface area contributed by atoms with E-state index in [4.69, 9.17) is 17.3 Å². The quantitative estimate of drug-likeness (QED) is 0.467. The number of phenolic OH excluding ortho intramolecular Hbond substituents is 2. The number of carbonyl (C=O) groups is 2. The molecule has 1 aliphatic rings. The Morgan fingerprint density at radius 1 is 1.08 bits per heavy atom. The number of thioether (sulfide) groups is 1. The van der Waals surface area contributed by atoms with Crippen molar-refractivity contribution in [2.24, 2.45) is 0 Å². The minimum absolute atomic E-state index is 0.113. The molecule has 0 aromatic heterocycles. The van der Waals surface area contributed by atoms with Crippen LogP contribution in [0.3, 0.4) is 0 Å². The van der Waals surface area contributed by atoms with Gasteiger partial charge in [0.25, 0.3) is 5.91 Å². The van der Waals surface area contributed by atoms with Crippen molar-refractivity contribution in [3.8, 4) is 17.2 Å². The summed E-state index contributed by atoms with van der Waals surface area (Å²) in [6, 6.07) is 7.67. The van der Waals surface area contributed by atoms with Crippen LogP contribution in [-0.4, -0.2) is 36.6 Å². The molecule has 9 heteroatoms. The standard InChI is InChI=1S/C17H11NO6S2/c19-10-3-1-8(13(21)7-10)5-14-15(22)18(17(25)26-14)9-2-4-12(20)11(6-9)16(23)24/h1-7,19-21H,(H,23,24)/b14-5-. The SMILES string of the molecule is O=C(O)c1cc(N2C(=O)/C(=C/c3ccc(O)cc3O)SC2=S)ccc1O. The molecule has 26 heavy (non-hydrogen) atoms. The van der Waals surface area contributed by atoms with Crippen molar-refractivity contribution < 1.29 is 30.0 Å². The molecule has 1 saturated heterocycles. The maximum atomic E-state index is 12.7. The van der Waals surface area contributed by atoms with Gasteiger partial charge in [0.1, 0.15) is 22.8 Å². The first-order chi connectivity index (χ1) is 12.3. The monoisotopic (exact) mass is 389 g/mol. The minimum Gasteiger partial charge on any atom is -0.508 e. The van der Waals surface area contributed by atoms with E-state index in [9.17, 15) is 24.9 Å². The first-order valence-electron chi connectivity index (χ1n) is 7.14. The van der Waals surface area contributed by atoms with Gasteiger partial charge in [-0.15, -0.1) is 0 Å². The van der Waals surface area contributed by atoms with E-state index in [1.165, 1.54) is 30.3 Å². The molecule has 2 aromatic rings. The van der Waals surface area contributed by atoms with Crippen LogP contribution in [0.1, 0.15) is 15.9 Å². The Morgan fingerprint density at radius 3 is 2.46 bits per heavy atom. The number of thiocarbonyl (C=S) groups is 1. The summed E-state index contributed by atoms with van der Waals surface area (Å²) < 4.78 is 0.182. The van der Waals surface area contributed by atoms with Gasteiger partial charge < -0.3 is 20.4 Å². The largest absolute Gasteiger partial charge is 0.508 e. The number of carbonyl (C=O) groups excluding carboxylic acids is 1. The normalized spacial score (nSPS) is 15.7. The summed E-state index contributed by atoms with van der Waals surface area (Å²) in [5, 5.41) is 37.9. The first-order valence-corrected chi connectivity index (χ1v) is 8.36. The fraction of sp³-hybridized carbons (Fsp3) is 0. The molecular formula is C17H11NO6S2. The molecule has 1 amide bonds. The third kappa shape index (κ3) is 3.22. The summed E-state index contributed by atoms with van der Waals surface area (Å²) in [6.07, 6.45) is 1.42. The Bertz CT molecular complexity index is 985. The third-order valence-electron chi connectivity index (χ3n) is 3.56. The summed E-state index contributed by atoms with van der Waals surface area (Å²) in [5.41, 5.74) is 0.179.